The fourth-order valence-corrected chi connectivity index (χ4v) is 3.90. The number of Topliss-reactive ketones (excluding diaryl/α,β-unsaturated/α-hetero) is 1. The summed E-state index contributed by atoms with van der Waals surface area (Å²) in [4.78, 5) is 12.2. The van der Waals surface area contributed by atoms with Gasteiger partial charge in [0.1, 0.15) is 5.78 Å². The molecule has 0 saturated heterocycles. The van der Waals surface area contributed by atoms with Crippen LogP contribution in [0.3, 0.4) is 0 Å². The molecule has 1 rings (SSSR count). The average molecular weight is 295 g/mol. The number of hydrogen-bond acceptors (Lipinski definition) is 1. The van der Waals surface area contributed by atoms with Gasteiger partial charge >= 0.3 is 0 Å². The number of rotatable bonds is 11. The van der Waals surface area contributed by atoms with Gasteiger partial charge in [0.2, 0.25) is 0 Å². The Kier molecular flexibility index (Phi) is 9.27. The summed E-state index contributed by atoms with van der Waals surface area (Å²) in [6.07, 6.45) is 17.6. The van der Waals surface area contributed by atoms with Crippen molar-refractivity contribution >= 4 is 5.78 Å². The molecular formula is C20H38O. The molecule has 1 saturated carbocycles. The van der Waals surface area contributed by atoms with Crippen LogP contribution in [0.5, 0.6) is 0 Å². The molecule has 124 valence electrons. The van der Waals surface area contributed by atoms with Gasteiger partial charge < -0.3 is 0 Å². The van der Waals surface area contributed by atoms with Crippen molar-refractivity contribution in [3.8, 4) is 0 Å². The van der Waals surface area contributed by atoms with Gasteiger partial charge in [-0.2, -0.15) is 0 Å². The third kappa shape index (κ3) is 8.02. The predicted octanol–water partition coefficient (Wildman–Crippen LogP) is 6.69. The molecule has 1 aliphatic rings. The van der Waals surface area contributed by atoms with E-state index in [9.17, 15) is 4.79 Å². The molecule has 1 fully saturated rings. The minimum absolute atomic E-state index is 0.235. The summed E-state index contributed by atoms with van der Waals surface area (Å²) in [5.41, 5.74) is 0.235. The third-order valence-corrected chi connectivity index (χ3v) is 5.42. The molecule has 0 spiro atoms. The molecule has 0 radical (unpaired) electrons. The maximum absolute atomic E-state index is 12.2. The van der Waals surface area contributed by atoms with Gasteiger partial charge in [-0.3, -0.25) is 4.79 Å². The minimum Gasteiger partial charge on any atom is -0.300 e. The molecule has 0 unspecified atom stereocenters. The van der Waals surface area contributed by atoms with E-state index in [0.29, 0.717) is 5.78 Å². The van der Waals surface area contributed by atoms with Crippen LogP contribution in [-0.2, 0) is 4.79 Å². The van der Waals surface area contributed by atoms with Gasteiger partial charge in [-0.05, 0) is 30.6 Å². The van der Waals surface area contributed by atoms with Crippen molar-refractivity contribution < 1.29 is 4.79 Å². The van der Waals surface area contributed by atoms with Crippen LogP contribution in [0, 0.1) is 11.3 Å². The van der Waals surface area contributed by atoms with Crippen molar-refractivity contribution in [2.24, 2.45) is 11.3 Å². The first-order chi connectivity index (χ1) is 10.1. The lowest BCUT2D eigenvalue weighted by Gasteiger charge is -2.36. The molecule has 21 heavy (non-hydrogen) atoms. The SMILES string of the molecule is CCCCCCCCCC(=O)CC(C)(C)C1CCCCC1. The van der Waals surface area contributed by atoms with Gasteiger partial charge in [-0.1, -0.05) is 78.6 Å². The maximum atomic E-state index is 12.2. The van der Waals surface area contributed by atoms with Crippen LogP contribution in [0.25, 0.3) is 0 Å². The molecular weight excluding hydrogens is 256 g/mol. The topological polar surface area (TPSA) is 17.1 Å². The number of carbonyl (C=O) groups is 1. The zero-order valence-corrected chi connectivity index (χ0v) is 14.9. The minimum atomic E-state index is 0.235. The molecule has 1 aliphatic carbocycles. The maximum Gasteiger partial charge on any atom is 0.133 e. The second kappa shape index (κ2) is 10.4. The molecule has 0 heterocycles. The van der Waals surface area contributed by atoms with Crippen LogP contribution in [-0.4, -0.2) is 5.78 Å². The predicted molar refractivity (Wildman–Crippen MR) is 92.6 cm³/mol. The number of carbonyl (C=O) groups excluding carboxylic acids is 1. The molecule has 0 aromatic rings. The molecule has 0 bridgehead atoms. The van der Waals surface area contributed by atoms with Gasteiger partial charge in [-0.15, -0.1) is 0 Å². The summed E-state index contributed by atoms with van der Waals surface area (Å²) in [5.74, 6) is 1.29. The molecule has 1 heteroatoms. The summed E-state index contributed by atoms with van der Waals surface area (Å²) >= 11 is 0. The van der Waals surface area contributed by atoms with Crippen molar-refractivity contribution in [3.63, 3.8) is 0 Å². The fraction of sp³-hybridized carbons (Fsp3) is 0.950. The molecule has 0 aromatic carbocycles. The van der Waals surface area contributed by atoms with Crippen molar-refractivity contribution in [3.05, 3.63) is 0 Å². The van der Waals surface area contributed by atoms with E-state index in [1.807, 2.05) is 0 Å². The summed E-state index contributed by atoms with van der Waals surface area (Å²) < 4.78 is 0. The fourth-order valence-electron chi connectivity index (χ4n) is 3.90. The molecule has 0 aliphatic heterocycles. The van der Waals surface area contributed by atoms with Gasteiger partial charge in [0.25, 0.3) is 0 Å². The summed E-state index contributed by atoms with van der Waals surface area (Å²) in [6.45, 7) is 6.91. The Bertz CT molecular complexity index is 274. The highest BCUT2D eigenvalue weighted by Gasteiger charge is 2.32. The van der Waals surface area contributed by atoms with E-state index >= 15 is 0 Å². The lowest BCUT2D eigenvalue weighted by atomic mass is 9.68. The first-order valence-corrected chi connectivity index (χ1v) is 9.58. The standard InChI is InChI=1S/C20H38O/c1-4-5-6-7-8-9-13-16-19(21)17-20(2,3)18-14-11-10-12-15-18/h18H,4-17H2,1-3H3. The first-order valence-electron chi connectivity index (χ1n) is 9.58. The molecule has 0 aromatic heterocycles. The van der Waals surface area contributed by atoms with Crippen LogP contribution in [0.15, 0.2) is 0 Å². The van der Waals surface area contributed by atoms with E-state index in [1.54, 1.807) is 0 Å². The van der Waals surface area contributed by atoms with E-state index in [-0.39, 0.29) is 5.41 Å². The Balaban J connectivity index is 2.11. The van der Waals surface area contributed by atoms with E-state index in [1.165, 1.54) is 70.6 Å². The summed E-state index contributed by atoms with van der Waals surface area (Å²) in [6, 6.07) is 0. The summed E-state index contributed by atoms with van der Waals surface area (Å²) in [7, 11) is 0. The van der Waals surface area contributed by atoms with Gasteiger partial charge in [0, 0.05) is 12.8 Å². The second-order valence-corrected chi connectivity index (χ2v) is 7.91. The van der Waals surface area contributed by atoms with Gasteiger partial charge in [0.15, 0.2) is 0 Å². The largest absolute Gasteiger partial charge is 0.300 e. The number of hydrogen-bond donors (Lipinski definition) is 0. The Morgan fingerprint density at radius 3 is 2.10 bits per heavy atom. The monoisotopic (exact) mass is 294 g/mol. The molecule has 0 N–H and O–H groups in total. The van der Waals surface area contributed by atoms with E-state index in [2.05, 4.69) is 20.8 Å². The Morgan fingerprint density at radius 1 is 0.905 bits per heavy atom. The highest BCUT2D eigenvalue weighted by atomic mass is 16.1. The second-order valence-electron chi connectivity index (χ2n) is 7.91. The smallest absolute Gasteiger partial charge is 0.133 e. The number of unbranched alkanes of at least 4 members (excludes halogenated alkanes) is 6. The Labute approximate surface area is 133 Å². The van der Waals surface area contributed by atoms with Gasteiger partial charge in [0.05, 0.1) is 0 Å². The lowest BCUT2D eigenvalue weighted by molar-refractivity contribution is -0.122. The Hall–Kier alpha value is -0.330. The zero-order valence-electron chi connectivity index (χ0n) is 14.9. The van der Waals surface area contributed by atoms with Crippen LogP contribution in [0.4, 0.5) is 0 Å². The lowest BCUT2D eigenvalue weighted by Crippen LogP contribution is -2.28. The molecule has 0 atom stereocenters. The van der Waals surface area contributed by atoms with Crippen molar-refractivity contribution in [1.29, 1.82) is 0 Å². The number of ketones is 1. The van der Waals surface area contributed by atoms with Crippen LogP contribution < -0.4 is 0 Å². The van der Waals surface area contributed by atoms with Crippen LogP contribution >= 0.6 is 0 Å². The summed E-state index contributed by atoms with van der Waals surface area (Å²) in [5, 5.41) is 0. The van der Waals surface area contributed by atoms with Crippen molar-refractivity contribution in [2.45, 2.75) is 111 Å². The highest BCUT2D eigenvalue weighted by Crippen LogP contribution is 2.40. The van der Waals surface area contributed by atoms with E-state index in [4.69, 9.17) is 0 Å². The van der Waals surface area contributed by atoms with Crippen LogP contribution in [0.1, 0.15) is 111 Å². The van der Waals surface area contributed by atoms with Gasteiger partial charge in [-0.25, -0.2) is 0 Å². The Morgan fingerprint density at radius 2 is 1.48 bits per heavy atom. The quantitative estimate of drug-likeness (QED) is 0.388. The average Bonchev–Trinajstić information content (AvgIpc) is 2.47. The third-order valence-electron chi connectivity index (χ3n) is 5.42. The highest BCUT2D eigenvalue weighted by molar-refractivity contribution is 5.79. The normalized spacial score (nSPS) is 17.1. The van der Waals surface area contributed by atoms with Crippen molar-refractivity contribution in [2.75, 3.05) is 0 Å². The van der Waals surface area contributed by atoms with Crippen molar-refractivity contribution in [1.82, 2.24) is 0 Å². The van der Waals surface area contributed by atoms with E-state index in [0.717, 1.165) is 25.2 Å². The van der Waals surface area contributed by atoms with E-state index < -0.39 is 0 Å². The molecule has 1 nitrogen and oxygen atoms in total. The molecule has 0 amide bonds. The first kappa shape index (κ1) is 18.7. The van der Waals surface area contributed by atoms with Crippen LogP contribution in [0.2, 0.25) is 0 Å². The zero-order chi connectivity index (χ0) is 15.6.